The van der Waals surface area contributed by atoms with Crippen molar-refractivity contribution in [2.24, 2.45) is 0 Å². The number of benzene rings is 2. The van der Waals surface area contributed by atoms with Crippen molar-refractivity contribution < 1.29 is 14.3 Å². The molecule has 6 heteroatoms. The van der Waals surface area contributed by atoms with Gasteiger partial charge in [0.25, 0.3) is 5.91 Å². The highest BCUT2D eigenvalue weighted by molar-refractivity contribution is 7.98. The molecular weight excluding hydrogens is 348 g/mol. The van der Waals surface area contributed by atoms with Gasteiger partial charge in [-0.3, -0.25) is 9.59 Å². The summed E-state index contributed by atoms with van der Waals surface area (Å²) in [5.74, 6) is 0.687. The van der Waals surface area contributed by atoms with Gasteiger partial charge in [-0.15, -0.1) is 0 Å². The zero-order valence-electron chi connectivity index (χ0n) is 15.2. The first-order chi connectivity index (χ1) is 12.5. The van der Waals surface area contributed by atoms with Crippen LogP contribution in [-0.4, -0.2) is 37.0 Å². The monoisotopic (exact) mass is 372 g/mol. The standard InChI is InChI=1S/C20H24N2O3S/c1-14-7-6-8-15(13-14)21-20(24)17(11-12-26-3)22-19(23)16-9-4-5-10-18(16)25-2/h4-10,13,17H,11-12H2,1-3H3,(H,21,24)(H,22,23). The minimum absolute atomic E-state index is 0.229. The van der Waals surface area contributed by atoms with Crippen LogP contribution < -0.4 is 15.4 Å². The third kappa shape index (κ3) is 5.52. The first kappa shape index (κ1) is 19.8. The van der Waals surface area contributed by atoms with Gasteiger partial charge < -0.3 is 15.4 Å². The van der Waals surface area contributed by atoms with E-state index in [1.165, 1.54) is 7.11 Å². The van der Waals surface area contributed by atoms with Gasteiger partial charge in [0.15, 0.2) is 0 Å². The van der Waals surface area contributed by atoms with Crippen LogP contribution in [0.2, 0.25) is 0 Å². The Bertz CT molecular complexity index is 764. The van der Waals surface area contributed by atoms with E-state index >= 15 is 0 Å². The minimum Gasteiger partial charge on any atom is -0.496 e. The van der Waals surface area contributed by atoms with E-state index < -0.39 is 6.04 Å². The number of amides is 2. The molecule has 0 saturated carbocycles. The zero-order valence-corrected chi connectivity index (χ0v) is 16.1. The van der Waals surface area contributed by atoms with Gasteiger partial charge in [0.05, 0.1) is 12.7 Å². The second-order valence-electron chi connectivity index (χ2n) is 5.87. The number of rotatable bonds is 8. The lowest BCUT2D eigenvalue weighted by Crippen LogP contribution is -2.44. The summed E-state index contributed by atoms with van der Waals surface area (Å²) in [6, 6.07) is 13.9. The van der Waals surface area contributed by atoms with Crippen LogP contribution in [0.5, 0.6) is 5.75 Å². The lowest BCUT2D eigenvalue weighted by Gasteiger charge is -2.19. The van der Waals surface area contributed by atoms with Gasteiger partial charge in [0.2, 0.25) is 5.91 Å². The molecule has 2 rings (SSSR count). The Labute approximate surface area is 158 Å². The summed E-state index contributed by atoms with van der Waals surface area (Å²) in [7, 11) is 1.52. The molecule has 26 heavy (non-hydrogen) atoms. The molecule has 0 aliphatic carbocycles. The Balaban J connectivity index is 2.13. The Morgan fingerprint density at radius 3 is 2.62 bits per heavy atom. The van der Waals surface area contributed by atoms with Crippen LogP contribution in [0.1, 0.15) is 22.3 Å². The van der Waals surface area contributed by atoms with E-state index in [1.54, 1.807) is 36.0 Å². The molecule has 0 heterocycles. The lowest BCUT2D eigenvalue weighted by molar-refractivity contribution is -0.118. The van der Waals surface area contributed by atoms with Crippen molar-refractivity contribution in [1.29, 1.82) is 0 Å². The number of methoxy groups -OCH3 is 1. The fraction of sp³-hybridized carbons (Fsp3) is 0.300. The molecule has 0 aliphatic rings. The number of anilines is 1. The third-order valence-corrected chi connectivity index (χ3v) is 4.51. The number of carbonyl (C=O) groups is 2. The van der Waals surface area contributed by atoms with Crippen molar-refractivity contribution in [3.05, 3.63) is 59.7 Å². The first-order valence-electron chi connectivity index (χ1n) is 8.35. The first-order valence-corrected chi connectivity index (χ1v) is 9.75. The number of thioether (sulfide) groups is 1. The Hall–Kier alpha value is -2.47. The minimum atomic E-state index is -0.625. The zero-order chi connectivity index (χ0) is 18.9. The van der Waals surface area contributed by atoms with Crippen LogP contribution in [0, 0.1) is 6.92 Å². The molecule has 0 aromatic heterocycles. The van der Waals surface area contributed by atoms with Crippen LogP contribution in [0.25, 0.3) is 0 Å². The van der Waals surface area contributed by atoms with Crippen LogP contribution in [0.3, 0.4) is 0 Å². The molecule has 5 nitrogen and oxygen atoms in total. The van der Waals surface area contributed by atoms with E-state index in [2.05, 4.69) is 10.6 Å². The highest BCUT2D eigenvalue weighted by atomic mass is 32.2. The molecule has 138 valence electrons. The molecule has 2 aromatic carbocycles. The molecule has 1 atom stereocenters. The maximum absolute atomic E-state index is 12.7. The Morgan fingerprint density at radius 2 is 1.92 bits per heavy atom. The molecule has 1 unspecified atom stereocenters. The van der Waals surface area contributed by atoms with E-state index in [4.69, 9.17) is 4.74 Å². The summed E-state index contributed by atoms with van der Waals surface area (Å²) in [5, 5.41) is 5.72. The van der Waals surface area contributed by atoms with Gasteiger partial charge in [0.1, 0.15) is 11.8 Å². The molecule has 2 amide bonds. The molecule has 0 radical (unpaired) electrons. The van der Waals surface area contributed by atoms with Gasteiger partial charge in [-0.1, -0.05) is 24.3 Å². The smallest absolute Gasteiger partial charge is 0.255 e. The van der Waals surface area contributed by atoms with E-state index in [1.807, 2.05) is 37.4 Å². The number of hydrogen-bond acceptors (Lipinski definition) is 4. The molecule has 0 aliphatic heterocycles. The van der Waals surface area contributed by atoms with Gasteiger partial charge in [0, 0.05) is 5.69 Å². The number of para-hydroxylation sites is 1. The average Bonchev–Trinajstić information content (AvgIpc) is 2.64. The molecule has 0 spiro atoms. The van der Waals surface area contributed by atoms with Gasteiger partial charge >= 0.3 is 0 Å². The maximum Gasteiger partial charge on any atom is 0.255 e. The van der Waals surface area contributed by atoms with Crippen LogP contribution in [-0.2, 0) is 4.79 Å². The van der Waals surface area contributed by atoms with E-state index in [0.717, 1.165) is 17.0 Å². The molecule has 0 fully saturated rings. The molecule has 2 aromatic rings. The second kappa shape index (κ2) is 9.87. The van der Waals surface area contributed by atoms with Crippen LogP contribution >= 0.6 is 11.8 Å². The molecule has 0 saturated heterocycles. The van der Waals surface area contributed by atoms with Gasteiger partial charge in [-0.2, -0.15) is 11.8 Å². The van der Waals surface area contributed by atoms with Crippen molar-refractivity contribution in [2.45, 2.75) is 19.4 Å². The topological polar surface area (TPSA) is 67.4 Å². The highest BCUT2D eigenvalue weighted by Gasteiger charge is 2.22. The lowest BCUT2D eigenvalue weighted by atomic mass is 10.1. The van der Waals surface area contributed by atoms with Gasteiger partial charge in [-0.05, 0) is 55.2 Å². The third-order valence-electron chi connectivity index (χ3n) is 3.87. The fourth-order valence-electron chi connectivity index (χ4n) is 2.52. The van der Waals surface area contributed by atoms with Crippen molar-refractivity contribution >= 4 is 29.3 Å². The SMILES string of the molecule is COc1ccccc1C(=O)NC(CCSC)C(=O)Nc1cccc(C)c1. The van der Waals surface area contributed by atoms with Crippen LogP contribution in [0.15, 0.2) is 48.5 Å². The summed E-state index contributed by atoms with van der Waals surface area (Å²) in [4.78, 5) is 25.3. The quantitative estimate of drug-likeness (QED) is 0.744. The van der Waals surface area contributed by atoms with Crippen molar-refractivity contribution in [3.63, 3.8) is 0 Å². The summed E-state index contributed by atoms with van der Waals surface area (Å²) < 4.78 is 5.23. The van der Waals surface area contributed by atoms with Crippen molar-refractivity contribution in [1.82, 2.24) is 5.32 Å². The summed E-state index contributed by atoms with van der Waals surface area (Å²) in [5.41, 5.74) is 2.18. The summed E-state index contributed by atoms with van der Waals surface area (Å²) >= 11 is 1.63. The Morgan fingerprint density at radius 1 is 1.15 bits per heavy atom. The number of carbonyl (C=O) groups excluding carboxylic acids is 2. The predicted molar refractivity (Wildman–Crippen MR) is 107 cm³/mol. The normalized spacial score (nSPS) is 11.5. The number of ether oxygens (including phenoxy) is 1. The predicted octanol–water partition coefficient (Wildman–Crippen LogP) is 3.49. The van der Waals surface area contributed by atoms with Crippen molar-refractivity contribution in [2.75, 3.05) is 24.4 Å². The average molecular weight is 372 g/mol. The van der Waals surface area contributed by atoms with Gasteiger partial charge in [-0.25, -0.2) is 0 Å². The van der Waals surface area contributed by atoms with Crippen molar-refractivity contribution in [3.8, 4) is 5.75 Å². The second-order valence-corrected chi connectivity index (χ2v) is 6.85. The number of nitrogens with one attached hydrogen (secondary N) is 2. The largest absolute Gasteiger partial charge is 0.496 e. The van der Waals surface area contributed by atoms with E-state index in [0.29, 0.717) is 17.7 Å². The van der Waals surface area contributed by atoms with Crippen LogP contribution in [0.4, 0.5) is 5.69 Å². The number of hydrogen-bond donors (Lipinski definition) is 2. The summed E-state index contributed by atoms with van der Waals surface area (Å²) in [6.07, 6.45) is 2.51. The highest BCUT2D eigenvalue weighted by Crippen LogP contribution is 2.18. The molecular formula is C20H24N2O3S. The van der Waals surface area contributed by atoms with E-state index in [-0.39, 0.29) is 11.8 Å². The fourth-order valence-corrected chi connectivity index (χ4v) is 3.00. The van der Waals surface area contributed by atoms with E-state index in [9.17, 15) is 9.59 Å². The number of aryl methyl sites for hydroxylation is 1. The maximum atomic E-state index is 12.7. The Kier molecular flexibility index (Phi) is 7.53. The molecule has 0 bridgehead atoms. The molecule has 2 N–H and O–H groups in total. The summed E-state index contributed by atoms with van der Waals surface area (Å²) in [6.45, 7) is 1.96.